The zero-order valence-corrected chi connectivity index (χ0v) is 13.5. The molecule has 0 saturated carbocycles. The molecule has 3 aromatic rings. The van der Waals surface area contributed by atoms with Crippen LogP contribution in [0.25, 0.3) is 5.69 Å². The molecule has 0 saturated heterocycles. The first-order valence-electron chi connectivity index (χ1n) is 7.42. The lowest BCUT2D eigenvalue weighted by molar-refractivity contribution is -0.123. The van der Waals surface area contributed by atoms with Crippen LogP contribution in [0.4, 0.5) is 24.7 Å². The molecule has 0 spiro atoms. The second-order valence-corrected chi connectivity index (χ2v) is 5.40. The van der Waals surface area contributed by atoms with Crippen LogP contribution < -0.4 is 10.6 Å². The fourth-order valence-corrected chi connectivity index (χ4v) is 2.13. The maximum absolute atomic E-state index is 12.2. The summed E-state index contributed by atoms with van der Waals surface area (Å²) < 4.78 is 39.5. The third-order valence-electron chi connectivity index (χ3n) is 3.28. The summed E-state index contributed by atoms with van der Waals surface area (Å²) in [4.78, 5) is 15.9. The zero-order valence-electron chi connectivity index (χ0n) is 13.5. The van der Waals surface area contributed by atoms with E-state index in [2.05, 4.69) is 20.5 Å². The van der Waals surface area contributed by atoms with Crippen LogP contribution in [0.3, 0.4) is 0 Å². The van der Waals surface area contributed by atoms with Crippen LogP contribution in [-0.2, 0) is 7.05 Å². The van der Waals surface area contributed by atoms with Crippen molar-refractivity contribution >= 4 is 17.4 Å². The third-order valence-corrected chi connectivity index (χ3v) is 3.28. The second kappa shape index (κ2) is 6.86. The summed E-state index contributed by atoms with van der Waals surface area (Å²) in [6.45, 7) is -1.40. The average Bonchev–Trinajstić information content (AvgIpc) is 3.22. The van der Waals surface area contributed by atoms with Crippen molar-refractivity contribution in [3.05, 3.63) is 48.7 Å². The molecule has 3 heterocycles. The lowest BCUT2D eigenvalue weighted by atomic mass is 10.3. The van der Waals surface area contributed by atoms with Crippen molar-refractivity contribution in [1.82, 2.24) is 29.9 Å². The van der Waals surface area contributed by atoms with Gasteiger partial charge in [-0.2, -0.15) is 23.4 Å². The molecule has 0 aliphatic carbocycles. The molecule has 11 heteroatoms. The van der Waals surface area contributed by atoms with E-state index in [-0.39, 0.29) is 5.56 Å². The van der Waals surface area contributed by atoms with Gasteiger partial charge in [0.25, 0.3) is 5.91 Å². The van der Waals surface area contributed by atoms with E-state index >= 15 is 0 Å². The smallest absolute Gasteiger partial charge is 0.343 e. The number of aryl methyl sites for hydroxylation is 1. The number of pyridine rings is 1. The minimum Gasteiger partial charge on any atom is -0.343 e. The largest absolute Gasteiger partial charge is 0.405 e. The van der Waals surface area contributed by atoms with E-state index in [1.807, 2.05) is 0 Å². The summed E-state index contributed by atoms with van der Waals surface area (Å²) in [7, 11) is 1.78. The van der Waals surface area contributed by atoms with Crippen LogP contribution in [0.2, 0.25) is 0 Å². The molecular formula is C15H14F3N7O. The molecule has 1 amide bonds. The zero-order chi connectivity index (χ0) is 18.7. The number of amides is 1. The fraction of sp³-hybridized carbons (Fsp3) is 0.200. The molecule has 136 valence electrons. The molecule has 0 fully saturated rings. The first kappa shape index (κ1) is 17.5. The van der Waals surface area contributed by atoms with Crippen LogP contribution in [0.15, 0.2) is 43.1 Å². The van der Waals surface area contributed by atoms with Crippen molar-refractivity contribution in [2.45, 2.75) is 6.18 Å². The monoisotopic (exact) mass is 365 g/mol. The topological polar surface area (TPSA) is 89.7 Å². The molecular weight excluding hydrogens is 351 g/mol. The molecule has 0 bridgehead atoms. The van der Waals surface area contributed by atoms with Gasteiger partial charge in [0.1, 0.15) is 12.4 Å². The van der Waals surface area contributed by atoms with Gasteiger partial charge in [0.2, 0.25) is 0 Å². The van der Waals surface area contributed by atoms with Gasteiger partial charge in [0.05, 0.1) is 29.3 Å². The van der Waals surface area contributed by atoms with Crippen molar-refractivity contribution < 1.29 is 18.0 Å². The van der Waals surface area contributed by atoms with Gasteiger partial charge in [0, 0.05) is 31.7 Å². The highest BCUT2D eigenvalue weighted by Gasteiger charge is 2.28. The molecule has 2 N–H and O–H groups in total. The van der Waals surface area contributed by atoms with Crippen LogP contribution in [0, 0.1) is 0 Å². The lowest BCUT2D eigenvalue weighted by Gasteiger charge is -2.07. The molecule has 0 radical (unpaired) electrons. The number of nitrogens with zero attached hydrogens (tertiary/aromatic N) is 5. The first-order valence-corrected chi connectivity index (χ1v) is 7.42. The second-order valence-electron chi connectivity index (χ2n) is 5.40. The molecule has 0 unspecified atom stereocenters. The SMILES string of the molecule is Cn1cc(Nc2cc(-n3cc(C(=O)NCC(F)(F)F)cn3)ccn2)cn1. The van der Waals surface area contributed by atoms with Crippen LogP contribution in [0.5, 0.6) is 0 Å². The number of halogens is 3. The number of carbonyl (C=O) groups excluding carboxylic acids is 1. The van der Waals surface area contributed by atoms with Gasteiger partial charge >= 0.3 is 6.18 Å². The molecule has 3 rings (SSSR count). The van der Waals surface area contributed by atoms with E-state index in [1.54, 1.807) is 47.8 Å². The van der Waals surface area contributed by atoms with Crippen molar-refractivity contribution in [2.75, 3.05) is 11.9 Å². The van der Waals surface area contributed by atoms with Gasteiger partial charge in [-0.05, 0) is 6.07 Å². The number of hydrogen-bond donors (Lipinski definition) is 2. The van der Waals surface area contributed by atoms with E-state index in [1.165, 1.54) is 17.1 Å². The predicted octanol–water partition coefficient (Wildman–Crippen LogP) is 2.04. The third kappa shape index (κ3) is 4.37. The van der Waals surface area contributed by atoms with E-state index < -0.39 is 18.6 Å². The number of anilines is 2. The summed E-state index contributed by atoms with van der Waals surface area (Å²) in [6, 6.07) is 3.33. The van der Waals surface area contributed by atoms with Gasteiger partial charge in [-0.25, -0.2) is 9.67 Å². The molecule has 8 nitrogen and oxygen atoms in total. The molecule has 26 heavy (non-hydrogen) atoms. The summed E-state index contributed by atoms with van der Waals surface area (Å²) in [5.74, 6) is -0.328. The summed E-state index contributed by atoms with van der Waals surface area (Å²) in [6.07, 6.45) is 3.01. The van der Waals surface area contributed by atoms with Gasteiger partial charge in [0.15, 0.2) is 0 Å². The highest BCUT2D eigenvalue weighted by Crippen LogP contribution is 2.17. The Balaban J connectivity index is 1.72. The minimum atomic E-state index is -4.47. The molecule has 0 atom stereocenters. The van der Waals surface area contributed by atoms with E-state index in [4.69, 9.17) is 0 Å². The Kier molecular flexibility index (Phi) is 4.61. The van der Waals surface area contributed by atoms with Crippen molar-refractivity contribution in [2.24, 2.45) is 7.05 Å². The summed E-state index contributed by atoms with van der Waals surface area (Å²) >= 11 is 0. The van der Waals surface area contributed by atoms with Crippen molar-refractivity contribution in [3.63, 3.8) is 0 Å². The van der Waals surface area contributed by atoms with Crippen LogP contribution in [-0.4, -0.2) is 43.2 Å². The molecule has 0 aromatic carbocycles. The number of hydrogen-bond acceptors (Lipinski definition) is 5. The molecule has 0 aliphatic rings. The summed E-state index contributed by atoms with van der Waals surface area (Å²) in [5.41, 5.74) is 1.35. The Hall–Kier alpha value is -3.37. The maximum atomic E-state index is 12.2. The standard InChI is InChI=1S/C15H14F3N7O/c1-24-8-11(6-21-24)23-13-4-12(2-3-19-13)25-7-10(5-22-25)14(26)20-9-15(16,17)18/h2-8H,9H2,1H3,(H,19,23)(H,20,26). The van der Waals surface area contributed by atoms with E-state index in [9.17, 15) is 18.0 Å². The Morgan fingerprint density at radius 2 is 2.04 bits per heavy atom. The van der Waals surface area contributed by atoms with Gasteiger partial charge in [-0.3, -0.25) is 9.48 Å². The molecule has 3 aromatic heterocycles. The fourth-order valence-electron chi connectivity index (χ4n) is 2.13. The predicted molar refractivity (Wildman–Crippen MR) is 86.2 cm³/mol. The average molecular weight is 365 g/mol. The highest BCUT2D eigenvalue weighted by molar-refractivity contribution is 5.93. The Morgan fingerprint density at radius 1 is 1.23 bits per heavy atom. The quantitative estimate of drug-likeness (QED) is 0.722. The minimum absolute atomic E-state index is 0.0211. The van der Waals surface area contributed by atoms with Crippen LogP contribution >= 0.6 is 0 Å². The number of aromatic nitrogens is 5. The van der Waals surface area contributed by atoms with Crippen LogP contribution in [0.1, 0.15) is 10.4 Å². The normalized spacial score (nSPS) is 11.4. The van der Waals surface area contributed by atoms with Crippen molar-refractivity contribution in [1.29, 1.82) is 0 Å². The number of rotatable bonds is 5. The Morgan fingerprint density at radius 3 is 2.73 bits per heavy atom. The van der Waals surface area contributed by atoms with Gasteiger partial charge < -0.3 is 10.6 Å². The van der Waals surface area contributed by atoms with E-state index in [0.29, 0.717) is 11.5 Å². The Bertz CT molecular complexity index is 916. The number of carbonyl (C=O) groups is 1. The highest BCUT2D eigenvalue weighted by atomic mass is 19.4. The maximum Gasteiger partial charge on any atom is 0.405 e. The first-order chi connectivity index (χ1) is 12.3. The summed E-state index contributed by atoms with van der Waals surface area (Å²) in [5, 5.41) is 12.9. The van der Waals surface area contributed by atoms with E-state index in [0.717, 1.165) is 5.69 Å². The Labute approximate surface area is 145 Å². The lowest BCUT2D eigenvalue weighted by Crippen LogP contribution is -2.33. The number of alkyl halides is 3. The van der Waals surface area contributed by atoms with Gasteiger partial charge in [-0.1, -0.05) is 0 Å². The van der Waals surface area contributed by atoms with Crippen molar-refractivity contribution in [3.8, 4) is 5.69 Å². The van der Waals surface area contributed by atoms with Gasteiger partial charge in [-0.15, -0.1) is 0 Å². The molecule has 0 aliphatic heterocycles. The number of nitrogens with one attached hydrogen (secondary N) is 2.